The highest BCUT2D eigenvalue weighted by Gasteiger charge is 1.95. The second-order valence-corrected chi connectivity index (χ2v) is 1.88. The molecule has 0 aliphatic carbocycles. The Balaban J connectivity index is 2.96. The summed E-state index contributed by atoms with van der Waals surface area (Å²) >= 11 is 0. The van der Waals surface area contributed by atoms with E-state index in [2.05, 4.69) is 11.4 Å². The van der Waals surface area contributed by atoms with E-state index in [4.69, 9.17) is 4.74 Å². The topological polar surface area (TPSA) is 21.3 Å². The minimum Gasteiger partial charge on any atom is -0.495 e. The lowest BCUT2D eigenvalue weighted by molar-refractivity contribution is 0.416. The van der Waals surface area contributed by atoms with E-state index in [0.29, 0.717) is 0 Å². The van der Waals surface area contributed by atoms with Crippen molar-refractivity contribution in [1.29, 1.82) is 0 Å². The molecule has 0 bridgehead atoms. The molecular formula is C8H10NO. The smallest absolute Gasteiger partial charge is 0.141 e. The lowest BCUT2D eigenvalue weighted by Crippen LogP contribution is -1.92. The van der Waals surface area contributed by atoms with Crippen molar-refractivity contribution in [2.45, 2.75) is 0 Å². The molecule has 0 aliphatic heterocycles. The summed E-state index contributed by atoms with van der Waals surface area (Å²) in [5.41, 5.74) is 0.963. The first kappa shape index (κ1) is 6.93. The summed E-state index contributed by atoms with van der Waals surface area (Å²) in [4.78, 5) is 0. The third kappa shape index (κ3) is 1.21. The van der Waals surface area contributed by atoms with Crippen LogP contribution in [0.15, 0.2) is 18.2 Å². The van der Waals surface area contributed by atoms with E-state index in [1.807, 2.05) is 25.2 Å². The molecule has 0 unspecified atom stereocenters. The Labute approximate surface area is 60.8 Å². The van der Waals surface area contributed by atoms with Crippen molar-refractivity contribution in [3.8, 4) is 5.75 Å². The Morgan fingerprint density at radius 2 is 2.40 bits per heavy atom. The molecule has 1 radical (unpaired) electrons. The number of ether oxygens (including phenoxy) is 1. The molecule has 0 atom stereocenters. The third-order valence-corrected chi connectivity index (χ3v) is 1.31. The Bertz CT molecular complexity index is 187. The van der Waals surface area contributed by atoms with Crippen LogP contribution in [0.2, 0.25) is 0 Å². The number of nitrogens with one attached hydrogen (secondary N) is 1. The molecule has 0 saturated carbocycles. The fraction of sp³-hybridized carbons (Fsp3) is 0.250. The second-order valence-electron chi connectivity index (χ2n) is 1.88. The summed E-state index contributed by atoms with van der Waals surface area (Å²) in [5.74, 6) is 0.848. The molecule has 0 fully saturated rings. The van der Waals surface area contributed by atoms with E-state index in [-0.39, 0.29) is 0 Å². The van der Waals surface area contributed by atoms with Crippen LogP contribution in [0.3, 0.4) is 0 Å². The standard InChI is InChI=1S/C8H10NO/c1-9-7-5-3-4-6-8(7)10-2/h4-6,9H,1-2H3. The van der Waals surface area contributed by atoms with E-state index in [1.165, 1.54) is 0 Å². The van der Waals surface area contributed by atoms with Crippen molar-refractivity contribution in [3.63, 3.8) is 0 Å². The third-order valence-electron chi connectivity index (χ3n) is 1.31. The van der Waals surface area contributed by atoms with Crippen LogP contribution in [0.4, 0.5) is 5.69 Å². The van der Waals surface area contributed by atoms with Gasteiger partial charge in [-0.25, -0.2) is 0 Å². The fourth-order valence-corrected chi connectivity index (χ4v) is 0.790. The first-order chi connectivity index (χ1) is 4.88. The summed E-state index contributed by atoms with van der Waals surface area (Å²) in [7, 11) is 3.50. The highest BCUT2D eigenvalue weighted by molar-refractivity contribution is 5.55. The Hall–Kier alpha value is -1.18. The van der Waals surface area contributed by atoms with Gasteiger partial charge in [0.25, 0.3) is 0 Å². The van der Waals surface area contributed by atoms with Gasteiger partial charge in [-0.05, 0) is 18.2 Å². The van der Waals surface area contributed by atoms with E-state index >= 15 is 0 Å². The van der Waals surface area contributed by atoms with E-state index in [1.54, 1.807) is 7.11 Å². The predicted molar refractivity (Wildman–Crippen MR) is 41.4 cm³/mol. The van der Waals surface area contributed by atoms with Crippen LogP contribution in [0.1, 0.15) is 0 Å². The molecule has 2 nitrogen and oxygen atoms in total. The van der Waals surface area contributed by atoms with Crippen LogP contribution in [0.5, 0.6) is 5.75 Å². The Morgan fingerprint density at radius 1 is 1.60 bits per heavy atom. The molecule has 1 aromatic carbocycles. The first-order valence-corrected chi connectivity index (χ1v) is 3.10. The molecule has 1 rings (SSSR count). The zero-order valence-corrected chi connectivity index (χ0v) is 6.14. The van der Waals surface area contributed by atoms with Gasteiger partial charge in [-0.2, -0.15) is 0 Å². The van der Waals surface area contributed by atoms with Crippen molar-refractivity contribution < 1.29 is 4.74 Å². The predicted octanol–water partition coefficient (Wildman–Crippen LogP) is 1.54. The average molecular weight is 136 g/mol. The second kappa shape index (κ2) is 3.11. The number of rotatable bonds is 2. The minimum atomic E-state index is 0.848. The van der Waals surface area contributed by atoms with Gasteiger partial charge >= 0.3 is 0 Å². The van der Waals surface area contributed by atoms with Gasteiger partial charge in [-0.3, -0.25) is 0 Å². The van der Waals surface area contributed by atoms with Crippen molar-refractivity contribution in [2.24, 2.45) is 0 Å². The van der Waals surface area contributed by atoms with Gasteiger partial charge in [0.1, 0.15) is 5.75 Å². The van der Waals surface area contributed by atoms with Crippen LogP contribution in [0.25, 0.3) is 0 Å². The average Bonchev–Trinajstić information content (AvgIpc) is 2.04. The van der Waals surface area contributed by atoms with Crippen molar-refractivity contribution >= 4 is 5.69 Å². The fourth-order valence-electron chi connectivity index (χ4n) is 0.790. The molecule has 0 aromatic heterocycles. The van der Waals surface area contributed by atoms with Gasteiger partial charge < -0.3 is 10.1 Å². The number of anilines is 1. The summed E-state index contributed by atoms with van der Waals surface area (Å²) in [6, 6.07) is 8.48. The van der Waals surface area contributed by atoms with Gasteiger partial charge in [0.15, 0.2) is 0 Å². The number of methoxy groups -OCH3 is 1. The van der Waals surface area contributed by atoms with Crippen LogP contribution >= 0.6 is 0 Å². The number of hydrogen-bond donors (Lipinski definition) is 1. The summed E-state index contributed by atoms with van der Waals surface area (Å²) in [5, 5.41) is 2.99. The lowest BCUT2D eigenvalue weighted by atomic mass is 10.3. The van der Waals surface area contributed by atoms with Crippen LogP contribution in [0, 0.1) is 6.07 Å². The van der Waals surface area contributed by atoms with Crippen LogP contribution in [-0.4, -0.2) is 14.2 Å². The lowest BCUT2D eigenvalue weighted by Gasteiger charge is -2.05. The van der Waals surface area contributed by atoms with Crippen LogP contribution < -0.4 is 10.1 Å². The van der Waals surface area contributed by atoms with Gasteiger partial charge in [-0.15, -0.1) is 0 Å². The summed E-state index contributed by atoms with van der Waals surface area (Å²) in [6.07, 6.45) is 0. The summed E-state index contributed by atoms with van der Waals surface area (Å²) in [6.45, 7) is 0. The molecule has 0 aliphatic rings. The largest absolute Gasteiger partial charge is 0.495 e. The monoisotopic (exact) mass is 136 g/mol. The van der Waals surface area contributed by atoms with Gasteiger partial charge in [0.05, 0.1) is 12.8 Å². The maximum atomic E-state index is 5.05. The van der Waals surface area contributed by atoms with Gasteiger partial charge in [0, 0.05) is 7.05 Å². The maximum Gasteiger partial charge on any atom is 0.141 e. The molecular weight excluding hydrogens is 126 g/mol. The molecule has 0 heterocycles. The van der Waals surface area contributed by atoms with Gasteiger partial charge in [0.2, 0.25) is 0 Å². The van der Waals surface area contributed by atoms with Crippen molar-refractivity contribution in [2.75, 3.05) is 19.5 Å². The molecule has 0 amide bonds. The summed E-state index contributed by atoms with van der Waals surface area (Å²) < 4.78 is 5.05. The number of benzene rings is 1. The molecule has 1 aromatic rings. The molecule has 10 heavy (non-hydrogen) atoms. The molecule has 0 spiro atoms. The van der Waals surface area contributed by atoms with E-state index < -0.39 is 0 Å². The highest BCUT2D eigenvalue weighted by atomic mass is 16.5. The van der Waals surface area contributed by atoms with E-state index in [0.717, 1.165) is 11.4 Å². The van der Waals surface area contributed by atoms with E-state index in [9.17, 15) is 0 Å². The van der Waals surface area contributed by atoms with Gasteiger partial charge in [-0.1, -0.05) is 6.07 Å². The molecule has 1 N–H and O–H groups in total. The normalized spacial score (nSPS) is 9.00. The first-order valence-electron chi connectivity index (χ1n) is 3.10. The Kier molecular flexibility index (Phi) is 2.15. The Morgan fingerprint density at radius 3 is 2.90 bits per heavy atom. The SMILES string of the molecule is CNc1c[c]ccc1OC. The van der Waals surface area contributed by atoms with Crippen molar-refractivity contribution in [1.82, 2.24) is 0 Å². The number of hydrogen-bond acceptors (Lipinski definition) is 2. The van der Waals surface area contributed by atoms with Crippen LogP contribution in [-0.2, 0) is 0 Å². The zero-order chi connectivity index (χ0) is 7.40. The molecule has 2 heteroatoms. The highest BCUT2D eigenvalue weighted by Crippen LogP contribution is 2.21. The quantitative estimate of drug-likeness (QED) is 0.665. The molecule has 0 saturated heterocycles. The molecule has 53 valence electrons. The zero-order valence-electron chi connectivity index (χ0n) is 6.14. The maximum absolute atomic E-state index is 5.05. The minimum absolute atomic E-state index is 0.848. The van der Waals surface area contributed by atoms with Crippen molar-refractivity contribution in [3.05, 3.63) is 24.3 Å².